The molecule has 2 aliphatic rings. The van der Waals surface area contributed by atoms with Crippen molar-refractivity contribution in [2.75, 3.05) is 63.9 Å². The summed E-state index contributed by atoms with van der Waals surface area (Å²) in [6.07, 6.45) is 4.68. The summed E-state index contributed by atoms with van der Waals surface area (Å²) in [7, 11) is 0. The number of nitrogens with zero attached hydrogens (tertiary/aromatic N) is 6. The van der Waals surface area contributed by atoms with E-state index in [1.807, 2.05) is 101 Å². The summed E-state index contributed by atoms with van der Waals surface area (Å²) in [6.45, 7) is 10.7. The van der Waals surface area contributed by atoms with Crippen LogP contribution in [0.15, 0.2) is 109 Å². The standard InChI is InChI=1S/C46H52N6O4/c1-3-31-56-43-20-15-37(16-21-43)17-22-45(54)52(35-41-13-18-42(19-14-41)50-29-27-49(28-30-50)36(2)53)44(32-38-7-5-4-6-8-38)46(55)51-25-23-48(24-26-51)34-40-11-9-39(33-47)10-12-40/h4-22,44H,3,23-32,34-35H2,1-2H3. The molecule has 0 radical (unpaired) electrons. The highest BCUT2D eigenvalue weighted by molar-refractivity contribution is 5.96. The minimum absolute atomic E-state index is 0.0639. The zero-order valence-corrected chi connectivity index (χ0v) is 32.6. The second-order valence-electron chi connectivity index (χ2n) is 14.5. The molecule has 2 saturated heterocycles. The molecule has 10 heteroatoms. The minimum atomic E-state index is -0.733. The van der Waals surface area contributed by atoms with Crippen molar-refractivity contribution in [1.29, 1.82) is 5.26 Å². The highest BCUT2D eigenvalue weighted by Crippen LogP contribution is 2.23. The Hall–Kier alpha value is -5.92. The molecule has 0 bridgehead atoms. The number of nitriles is 1. The van der Waals surface area contributed by atoms with E-state index in [-0.39, 0.29) is 24.3 Å². The number of benzene rings is 4. The van der Waals surface area contributed by atoms with Crippen LogP contribution in [0.4, 0.5) is 5.69 Å². The van der Waals surface area contributed by atoms with Crippen LogP contribution in [-0.4, -0.2) is 102 Å². The minimum Gasteiger partial charge on any atom is -0.494 e. The number of carbonyl (C=O) groups is 3. The van der Waals surface area contributed by atoms with Gasteiger partial charge in [0.05, 0.1) is 18.2 Å². The summed E-state index contributed by atoms with van der Waals surface area (Å²) in [5.41, 5.74) is 5.60. The van der Waals surface area contributed by atoms with Crippen LogP contribution in [0.5, 0.6) is 5.75 Å². The van der Waals surface area contributed by atoms with Gasteiger partial charge in [-0.3, -0.25) is 19.3 Å². The van der Waals surface area contributed by atoms with Gasteiger partial charge in [-0.2, -0.15) is 5.26 Å². The molecular weight excluding hydrogens is 701 g/mol. The summed E-state index contributed by atoms with van der Waals surface area (Å²) in [5, 5.41) is 9.18. The van der Waals surface area contributed by atoms with E-state index in [9.17, 15) is 19.6 Å². The van der Waals surface area contributed by atoms with Crippen LogP contribution in [0.2, 0.25) is 0 Å². The Kier molecular flexibility index (Phi) is 13.9. The fraction of sp³-hybridized carbons (Fsp3) is 0.348. The molecule has 0 saturated carbocycles. The number of piperazine rings is 2. The van der Waals surface area contributed by atoms with Gasteiger partial charge in [-0.05, 0) is 71.1 Å². The highest BCUT2D eigenvalue weighted by Gasteiger charge is 2.34. The molecule has 3 amide bonds. The van der Waals surface area contributed by atoms with Crippen molar-refractivity contribution in [3.8, 4) is 11.8 Å². The number of hydrogen-bond acceptors (Lipinski definition) is 7. The van der Waals surface area contributed by atoms with Crippen molar-refractivity contribution in [3.05, 3.63) is 137 Å². The molecule has 4 aromatic rings. The Morgan fingerprint density at radius 2 is 1.41 bits per heavy atom. The SMILES string of the molecule is CCCOc1ccc(C=CC(=O)N(Cc2ccc(N3CCN(C(C)=O)CC3)cc2)C(Cc2ccccc2)C(=O)N2CCN(Cc3ccc(C#N)cc3)CC2)cc1. The van der Waals surface area contributed by atoms with Crippen molar-refractivity contribution in [2.24, 2.45) is 0 Å². The average Bonchev–Trinajstić information content (AvgIpc) is 3.24. The van der Waals surface area contributed by atoms with E-state index in [1.165, 1.54) is 0 Å². The zero-order chi connectivity index (χ0) is 39.3. The van der Waals surface area contributed by atoms with E-state index in [0.29, 0.717) is 57.9 Å². The van der Waals surface area contributed by atoms with Crippen LogP contribution in [0.1, 0.15) is 48.1 Å². The van der Waals surface area contributed by atoms with Crippen LogP contribution in [0.3, 0.4) is 0 Å². The van der Waals surface area contributed by atoms with Gasteiger partial charge < -0.3 is 24.3 Å². The van der Waals surface area contributed by atoms with Gasteiger partial charge in [0.2, 0.25) is 17.7 Å². The zero-order valence-electron chi connectivity index (χ0n) is 32.6. The van der Waals surface area contributed by atoms with E-state index in [0.717, 1.165) is 59.7 Å². The van der Waals surface area contributed by atoms with Gasteiger partial charge in [0, 0.05) is 90.6 Å². The lowest BCUT2D eigenvalue weighted by Crippen LogP contribution is -2.56. The Morgan fingerprint density at radius 1 is 0.768 bits per heavy atom. The fourth-order valence-electron chi connectivity index (χ4n) is 7.24. The second kappa shape index (κ2) is 19.6. The van der Waals surface area contributed by atoms with E-state index in [1.54, 1.807) is 24.0 Å². The predicted octanol–water partition coefficient (Wildman–Crippen LogP) is 6.01. The molecule has 6 rings (SSSR count). The lowest BCUT2D eigenvalue weighted by atomic mass is 10.0. The molecule has 1 atom stereocenters. The fourth-order valence-corrected chi connectivity index (χ4v) is 7.24. The van der Waals surface area contributed by atoms with Crippen LogP contribution < -0.4 is 9.64 Å². The molecule has 1 unspecified atom stereocenters. The maximum Gasteiger partial charge on any atom is 0.247 e. The quantitative estimate of drug-likeness (QED) is 0.146. The number of carbonyl (C=O) groups excluding carboxylic acids is 3. The van der Waals surface area contributed by atoms with Gasteiger partial charge in [-0.25, -0.2) is 0 Å². The summed E-state index contributed by atoms with van der Waals surface area (Å²) in [4.78, 5) is 51.1. The molecule has 0 spiro atoms. The average molecular weight is 753 g/mol. The van der Waals surface area contributed by atoms with Gasteiger partial charge in [0.25, 0.3) is 0 Å². The topological polar surface area (TPSA) is 100 Å². The molecule has 56 heavy (non-hydrogen) atoms. The van der Waals surface area contributed by atoms with Crippen molar-refractivity contribution < 1.29 is 19.1 Å². The molecule has 2 aliphatic heterocycles. The molecule has 0 aliphatic carbocycles. The largest absolute Gasteiger partial charge is 0.494 e. The van der Waals surface area contributed by atoms with Gasteiger partial charge in [-0.15, -0.1) is 0 Å². The van der Waals surface area contributed by atoms with Crippen molar-refractivity contribution >= 4 is 29.5 Å². The Morgan fingerprint density at radius 3 is 2.04 bits per heavy atom. The first-order chi connectivity index (χ1) is 27.3. The van der Waals surface area contributed by atoms with E-state index < -0.39 is 6.04 Å². The molecule has 10 nitrogen and oxygen atoms in total. The lowest BCUT2D eigenvalue weighted by molar-refractivity contribution is -0.145. The molecule has 0 aromatic heterocycles. The lowest BCUT2D eigenvalue weighted by Gasteiger charge is -2.39. The van der Waals surface area contributed by atoms with Crippen LogP contribution >= 0.6 is 0 Å². The third-order valence-electron chi connectivity index (χ3n) is 10.5. The summed E-state index contributed by atoms with van der Waals surface area (Å²) < 4.78 is 5.74. The third-order valence-corrected chi connectivity index (χ3v) is 10.5. The number of ether oxygens (including phenoxy) is 1. The van der Waals surface area contributed by atoms with Crippen LogP contribution in [0, 0.1) is 11.3 Å². The van der Waals surface area contributed by atoms with Gasteiger partial charge in [0.1, 0.15) is 11.8 Å². The predicted molar refractivity (Wildman–Crippen MR) is 220 cm³/mol. The third kappa shape index (κ3) is 10.9. The van der Waals surface area contributed by atoms with Crippen molar-refractivity contribution in [3.63, 3.8) is 0 Å². The number of rotatable bonds is 14. The van der Waals surface area contributed by atoms with E-state index in [4.69, 9.17) is 4.74 Å². The molecule has 4 aromatic carbocycles. The highest BCUT2D eigenvalue weighted by atomic mass is 16.5. The first-order valence-corrected chi connectivity index (χ1v) is 19.6. The Labute approximate surface area is 331 Å². The molecule has 2 fully saturated rings. The smallest absolute Gasteiger partial charge is 0.247 e. The van der Waals surface area contributed by atoms with Crippen LogP contribution in [-0.2, 0) is 33.9 Å². The van der Waals surface area contributed by atoms with E-state index >= 15 is 0 Å². The second-order valence-corrected chi connectivity index (χ2v) is 14.5. The van der Waals surface area contributed by atoms with Gasteiger partial charge in [-0.1, -0.05) is 73.7 Å². The maximum atomic E-state index is 14.7. The van der Waals surface area contributed by atoms with Gasteiger partial charge >= 0.3 is 0 Å². The number of hydrogen-bond donors (Lipinski definition) is 0. The molecular formula is C46H52N6O4. The summed E-state index contributed by atoms with van der Waals surface area (Å²) in [5.74, 6) is 0.577. The number of amides is 3. The summed E-state index contributed by atoms with van der Waals surface area (Å²) in [6, 6.07) is 34.9. The normalized spacial score (nSPS) is 15.3. The van der Waals surface area contributed by atoms with Gasteiger partial charge in [0.15, 0.2) is 0 Å². The Balaban J connectivity index is 1.23. The molecule has 2 heterocycles. The summed E-state index contributed by atoms with van der Waals surface area (Å²) >= 11 is 0. The number of anilines is 1. The molecule has 290 valence electrons. The van der Waals surface area contributed by atoms with Crippen molar-refractivity contribution in [1.82, 2.24) is 19.6 Å². The van der Waals surface area contributed by atoms with Crippen molar-refractivity contribution in [2.45, 2.75) is 45.8 Å². The molecule has 0 N–H and O–H groups in total. The Bertz CT molecular complexity index is 1960. The maximum absolute atomic E-state index is 14.7. The van der Waals surface area contributed by atoms with Crippen LogP contribution in [0.25, 0.3) is 6.08 Å². The van der Waals surface area contributed by atoms with E-state index in [2.05, 4.69) is 34.9 Å². The first-order valence-electron chi connectivity index (χ1n) is 19.6. The first kappa shape index (κ1) is 39.8. The monoisotopic (exact) mass is 752 g/mol.